The van der Waals surface area contributed by atoms with Gasteiger partial charge in [0, 0.05) is 25.2 Å². The van der Waals surface area contributed by atoms with E-state index in [4.69, 9.17) is 18.9 Å². The SMILES string of the molecule is CCCCCCCN(Cc1ccc(OC(C)(C)CO)cc1)C(=O)Nc1c(OC)cc(OC)cc1OC. The Labute approximate surface area is 215 Å². The maximum atomic E-state index is 13.4. The molecule has 0 aliphatic rings. The van der Waals surface area contributed by atoms with Crippen molar-refractivity contribution in [3.05, 3.63) is 42.0 Å². The van der Waals surface area contributed by atoms with Crippen molar-refractivity contribution in [2.45, 2.75) is 65.0 Å². The molecule has 200 valence electrons. The lowest BCUT2D eigenvalue weighted by Gasteiger charge is -2.26. The third-order valence-corrected chi connectivity index (χ3v) is 5.84. The van der Waals surface area contributed by atoms with Gasteiger partial charge >= 0.3 is 6.03 Å². The van der Waals surface area contributed by atoms with E-state index in [-0.39, 0.29) is 12.6 Å². The van der Waals surface area contributed by atoms with E-state index in [0.717, 1.165) is 24.8 Å². The zero-order valence-electron chi connectivity index (χ0n) is 22.6. The number of hydrogen-bond acceptors (Lipinski definition) is 6. The smallest absolute Gasteiger partial charge is 0.322 e. The molecule has 0 heterocycles. The summed E-state index contributed by atoms with van der Waals surface area (Å²) < 4.78 is 22.1. The fourth-order valence-electron chi connectivity index (χ4n) is 3.71. The summed E-state index contributed by atoms with van der Waals surface area (Å²) in [4.78, 5) is 15.2. The van der Waals surface area contributed by atoms with Crippen LogP contribution in [0.2, 0.25) is 0 Å². The maximum absolute atomic E-state index is 13.4. The van der Waals surface area contributed by atoms with Gasteiger partial charge in [-0.2, -0.15) is 0 Å². The molecule has 8 nitrogen and oxygen atoms in total. The average Bonchev–Trinajstić information content (AvgIpc) is 2.88. The molecule has 0 saturated carbocycles. The number of nitrogens with zero attached hydrogens (tertiary/aromatic N) is 1. The van der Waals surface area contributed by atoms with Crippen LogP contribution in [0, 0.1) is 0 Å². The number of ether oxygens (including phenoxy) is 4. The lowest BCUT2D eigenvalue weighted by Crippen LogP contribution is -2.35. The van der Waals surface area contributed by atoms with Crippen LogP contribution in [-0.2, 0) is 6.54 Å². The summed E-state index contributed by atoms with van der Waals surface area (Å²) in [6.07, 6.45) is 5.49. The number of amides is 2. The van der Waals surface area contributed by atoms with E-state index in [1.54, 1.807) is 24.1 Å². The number of carbonyl (C=O) groups is 1. The molecule has 0 aliphatic heterocycles. The van der Waals surface area contributed by atoms with Crippen LogP contribution < -0.4 is 24.3 Å². The second-order valence-electron chi connectivity index (χ2n) is 9.34. The standard InChI is InChI=1S/C28H42N2O6/c1-7-8-9-10-11-16-30(19-21-12-14-22(15-13-21)36-28(2,3)20-31)27(32)29-26-24(34-5)17-23(33-4)18-25(26)35-6/h12-15,17-18,31H,7-11,16,19-20H2,1-6H3,(H,29,32). The lowest BCUT2D eigenvalue weighted by atomic mass is 10.1. The minimum Gasteiger partial charge on any atom is -0.496 e. The van der Waals surface area contributed by atoms with Crippen molar-refractivity contribution in [1.82, 2.24) is 4.90 Å². The molecule has 0 bridgehead atoms. The summed E-state index contributed by atoms with van der Waals surface area (Å²) in [6, 6.07) is 10.8. The molecular weight excluding hydrogens is 460 g/mol. The Bertz CT molecular complexity index is 921. The Balaban J connectivity index is 2.21. The summed E-state index contributed by atoms with van der Waals surface area (Å²) in [5.74, 6) is 2.15. The van der Waals surface area contributed by atoms with Crippen molar-refractivity contribution in [3.63, 3.8) is 0 Å². The number of aliphatic hydroxyl groups excluding tert-OH is 1. The predicted octanol–water partition coefficient (Wildman–Crippen LogP) is 5.87. The molecule has 2 rings (SSSR count). The number of benzene rings is 2. The molecule has 0 fully saturated rings. The van der Waals surface area contributed by atoms with Gasteiger partial charge in [-0.05, 0) is 38.0 Å². The van der Waals surface area contributed by atoms with Gasteiger partial charge in [0.25, 0.3) is 0 Å². The van der Waals surface area contributed by atoms with Gasteiger partial charge in [-0.1, -0.05) is 44.7 Å². The van der Waals surface area contributed by atoms with E-state index in [0.29, 0.717) is 41.8 Å². The molecule has 0 spiro atoms. The van der Waals surface area contributed by atoms with Crippen LogP contribution in [0.3, 0.4) is 0 Å². The van der Waals surface area contributed by atoms with Gasteiger partial charge in [-0.25, -0.2) is 4.79 Å². The Hall–Kier alpha value is -3.13. The summed E-state index contributed by atoms with van der Waals surface area (Å²) in [5, 5.41) is 12.4. The first kappa shape index (κ1) is 29.1. The number of urea groups is 1. The van der Waals surface area contributed by atoms with Crippen LogP contribution in [0.15, 0.2) is 36.4 Å². The third-order valence-electron chi connectivity index (χ3n) is 5.84. The average molecular weight is 503 g/mol. The van der Waals surface area contributed by atoms with Crippen LogP contribution in [0.5, 0.6) is 23.0 Å². The van der Waals surface area contributed by atoms with Gasteiger partial charge in [-0.3, -0.25) is 0 Å². The molecule has 2 N–H and O–H groups in total. The van der Waals surface area contributed by atoms with Crippen LogP contribution in [0.25, 0.3) is 0 Å². The maximum Gasteiger partial charge on any atom is 0.322 e. The second-order valence-corrected chi connectivity index (χ2v) is 9.34. The zero-order valence-corrected chi connectivity index (χ0v) is 22.6. The summed E-state index contributed by atoms with van der Waals surface area (Å²) in [7, 11) is 4.64. The van der Waals surface area contributed by atoms with Crippen LogP contribution in [0.4, 0.5) is 10.5 Å². The molecule has 2 aromatic carbocycles. The predicted molar refractivity (Wildman–Crippen MR) is 143 cm³/mol. The van der Waals surface area contributed by atoms with Gasteiger partial charge in [0.15, 0.2) is 0 Å². The largest absolute Gasteiger partial charge is 0.496 e. The Morgan fingerprint density at radius 2 is 1.53 bits per heavy atom. The van der Waals surface area contributed by atoms with Crippen molar-refractivity contribution in [1.29, 1.82) is 0 Å². The first-order valence-electron chi connectivity index (χ1n) is 12.5. The van der Waals surface area contributed by atoms with E-state index in [9.17, 15) is 9.90 Å². The Kier molecular flexibility index (Phi) is 11.7. The van der Waals surface area contributed by atoms with Gasteiger partial charge in [0.05, 0.1) is 27.9 Å². The number of anilines is 1. The van der Waals surface area contributed by atoms with E-state index < -0.39 is 5.60 Å². The first-order chi connectivity index (χ1) is 17.3. The highest BCUT2D eigenvalue weighted by Gasteiger charge is 2.21. The highest BCUT2D eigenvalue weighted by atomic mass is 16.5. The Morgan fingerprint density at radius 3 is 2.06 bits per heavy atom. The van der Waals surface area contributed by atoms with Gasteiger partial charge in [0.2, 0.25) is 0 Å². The molecule has 0 saturated heterocycles. The highest BCUT2D eigenvalue weighted by Crippen LogP contribution is 2.39. The van der Waals surface area contributed by atoms with Gasteiger partial charge < -0.3 is 34.3 Å². The van der Waals surface area contributed by atoms with E-state index >= 15 is 0 Å². The van der Waals surface area contributed by atoms with Crippen LogP contribution in [-0.4, -0.2) is 56.1 Å². The summed E-state index contributed by atoms with van der Waals surface area (Å²) in [5.41, 5.74) is 0.765. The molecule has 2 amide bonds. The number of unbranched alkanes of at least 4 members (excludes halogenated alkanes) is 4. The normalized spacial score (nSPS) is 11.1. The monoisotopic (exact) mass is 502 g/mol. The number of nitrogens with one attached hydrogen (secondary N) is 1. The van der Waals surface area contributed by atoms with Crippen molar-refractivity contribution in [2.75, 3.05) is 39.8 Å². The summed E-state index contributed by atoms with van der Waals surface area (Å²) in [6.45, 7) is 6.81. The fraction of sp³-hybridized carbons (Fsp3) is 0.536. The van der Waals surface area contributed by atoms with Crippen molar-refractivity contribution < 1.29 is 28.8 Å². The molecule has 0 atom stereocenters. The fourth-order valence-corrected chi connectivity index (χ4v) is 3.71. The van der Waals surface area contributed by atoms with Crippen LogP contribution >= 0.6 is 0 Å². The van der Waals surface area contributed by atoms with Gasteiger partial charge in [-0.15, -0.1) is 0 Å². The molecular formula is C28H42N2O6. The molecule has 0 radical (unpaired) electrons. The van der Waals surface area contributed by atoms with Crippen LogP contribution in [0.1, 0.15) is 58.4 Å². The van der Waals surface area contributed by atoms with Crippen molar-refractivity contribution in [3.8, 4) is 23.0 Å². The van der Waals surface area contributed by atoms with E-state index in [1.807, 2.05) is 38.1 Å². The molecule has 0 unspecified atom stereocenters. The molecule has 0 aliphatic carbocycles. The number of hydrogen-bond donors (Lipinski definition) is 2. The number of rotatable bonds is 15. The number of carbonyl (C=O) groups excluding carboxylic acids is 1. The van der Waals surface area contributed by atoms with Crippen molar-refractivity contribution in [2.24, 2.45) is 0 Å². The first-order valence-corrected chi connectivity index (χ1v) is 12.5. The minimum absolute atomic E-state index is 0.0843. The highest BCUT2D eigenvalue weighted by molar-refractivity contribution is 5.93. The quantitative estimate of drug-likeness (QED) is 0.296. The zero-order chi connectivity index (χ0) is 26.6. The van der Waals surface area contributed by atoms with E-state index in [2.05, 4.69) is 12.2 Å². The Morgan fingerprint density at radius 1 is 0.917 bits per heavy atom. The lowest BCUT2D eigenvalue weighted by molar-refractivity contribution is 0.0412. The van der Waals surface area contributed by atoms with Crippen molar-refractivity contribution >= 4 is 11.7 Å². The molecule has 36 heavy (non-hydrogen) atoms. The third kappa shape index (κ3) is 8.82. The minimum atomic E-state index is -0.664. The molecule has 2 aromatic rings. The second kappa shape index (κ2) is 14.4. The molecule has 8 heteroatoms. The number of aliphatic hydroxyl groups is 1. The van der Waals surface area contributed by atoms with E-state index in [1.165, 1.54) is 27.1 Å². The topological polar surface area (TPSA) is 89.5 Å². The summed E-state index contributed by atoms with van der Waals surface area (Å²) >= 11 is 0. The van der Waals surface area contributed by atoms with Gasteiger partial charge in [0.1, 0.15) is 34.3 Å². The molecule has 0 aromatic heterocycles. The number of methoxy groups -OCH3 is 3.